The summed E-state index contributed by atoms with van der Waals surface area (Å²) in [7, 11) is 0. The van der Waals surface area contributed by atoms with Gasteiger partial charge in [-0.1, -0.05) is 30.3 Å². The summed E-state index contributed by atoms with van der Waals surface area (Å²) in [5, 5.41) is 2.87. The second-order valence-corrected chi connectivity index (χ2v) is 5.67. The molecular weight excluding hydrogens is 258 g/mol. The van der Waals surface area contributed by atoms with Gasteiger partial charge >= 0.3 is 0 Å². The zero-order valence-corrected chi connectivity index (χ0v) is 12.9. The standard InChI is InChI=1S/C16H26F2N2/c1-13(2)20(14(3)4)11-10-19-12-16(17,18)15-8-6-5-7-9-15/h5-9,13-14,19H,10-12H2,1-4H3. The fourth-order valence-corrected chi connectivity index (χ4v) is 2.35. The minimum atomic E-state index is -2.82. The average Bonchev–Trinajstić information content (AvgIpc) is 2.38. The molecule has 0 saturated carbocycles. The fourth-order valence-electron chi connectivity index (χ4n) is 2.35. The van der Waals surface area contributed by atoms with Crippen LogP contribution >= 0.6 is 0 Å². The fraction of sp³-hybridized carbons (Fsp3) is 0.625. The van der Waals surface area contributed by atoms with E-state index in [0.29, 0.717) is 18.6 Å². The molecule has 0 aliphatic heterocycles. The van der Waals surface area contributed by atoms with Gasteiger partial charge in [-0.05, 0) is 27.7 Å². The van der Waals surface area contributed by atoms with E-state index in [1.165, 1.54) is 12.1 Å². The molecule has 1 aromatic rings. The van der Waals surface area contributed by atoms with Gasteiger partial charge in [-0.15, -0.1) is 0 Å². The first-order valence-electron chi connectivity index (χ1n) is 7.24. The van der Waals surface area contributed by atoms with Gasteiger partial charge < -0.3 is 5.32 Å². The minimum Gasteiger partial charge on any atom is -0.310 e. The Bertz CT molecular complexity index is 369. The van der Waals surface area contributed by atoms with Crippen molar-refractivity contribution in [2.45, 2.75) is 45.7 Å². The maximum Gasteiger partial charge on any atom is 0.285 e. The molecule has 0 spiro atoms. The van der Waals surface area contributed by atoms with Crippen LogP contribution in [-0.2, 0) is 5.92 Å². The lowest BCUT2D eigenvalue weighted by Gasteiger charge is -2.30. The molecule has 0 atom stereocenters. The van der Waals surface area contributed by atoms with Crippen molar-refractivity contribution in [1.82, 2.24) is 10.2 Å². The first kappa shape index (κ1) is 17.1. The summed E-state index contributed by atoms with van der Waals surface area (Å²) in [5.41, 5.74) is 0.0667. The van der Waals surface area contributed by atoms with Gasteiger partial charge in [0.2, 0.25) is 0 Å². The molecule has 0 aliphatic rings. The highest BCUT2D eigenvalue weighted by molar-refractivity contribution is 5.20. The Morgan fingerprint density at radius 3 is 2.10 bits per heavy atom. The maximum atomic E-state index is 13.9. The Morgan fingerprint density at radius 1 is 1.05 bits per heavy atom. The van der Waals surface area contributed by atoms with E-state index in [1.54, 1.807) is 18.2 Å². The third-order valence-corrected chi connectivity index (χ3v) is 3.42. The number of hydrogen-bond acceptors (Lipinski definition) is 2. The first-order chi connectivity index (χ1) is 9.34. The summed E-state index contributed by atoms with van der Waals surface area (Å²) in [5.74, 6) is -2.82. The Kier molecular flexibility index (Phi) is 6.56. The van der Waals surface area contributed by atoms with E-state index in [1.807, 2.05) is 0 Å². The van der Waals surface area contributed by atoms with Gasteiger partial charge in [0.1, 0.15) is 0 Å². The normalized spacial score (nSPS) is 12.7. The summed E-state index contributed by atoms with van der Waals surface area (Å²) < 4.78 is 27.8. The molecule has 0 heterocycles. The smallest absolute Gasteiger partial charge is 0.285 e. The SMILES string of the molecule is CC(C)N(CCNCC(F)(F)c1ccccc1)C(C)C. The van der Waals surface area contributed by atoms with E-state index in [9.17, 15) is 8.78 Å². The molecule has 0 amide bonds. The Balaban J connectivity index is 2.40. The molecular formula is C16H26F2N2. The highest BCUT2D eigenvalue weighted by Crippen LogP contribution is 2.26. The number of halogens is 2. The van der Waals surface area contributed by atoms with Crippen molar-refractivity contribution in [2.24, 2.45) is 0 Å². The van der Waals surface area contributed by atoms with Crippen LogP contribution in [0, 0.1) is 0 Å². The van der Waals surface area contributed by atoms with Crippen LogP contribution in [0.1, 0.15) is 33.3 Å². The number of hydrogen-bond donors (Lipinski definition) is 1. The van der Waals surface area contributed by atoms with Crippen molar-refractivity contribution in [3.05, 3.63) is 35.9 Å². The summed E-state index contributed by atoms with van der Waals surface area (Å²) >= 11 is 0. The Labute approximate surface area is 121 Å². The lowest BCUT2D eigenvalue weighted by atomic mass is 10.1. The van der Waals surface area contributed by atoms with Crippen LogP contribution in [0.4, 0.5) is 8.78 Å². The Morgan fingerprint density at radius 2 is 1.60 bits per heavy atom. The van der Waals surface area contributed by atoms with Crippen molar-refractivity contribution in [3.8, 4) is 0 Å². The number of nitrogens with zero attached hydrogens (tertiary/aromatic N) is 1. The predicted octanol–water partition coefficient (Wildman–Crippen LogP) is 3.49. The number of nitrogens with one attached hydrogen (secondary N) is 1. The molecule has 0 aliphatic carbocycles. The molecule has 0 aromatic heterocycles. The molecule has 1 N–H and O–H groups in total. The van der Waals surface area contributed by atoms with E-state index in [-0.39, 0.29) is 12.1 Å². The van der Waals surface area contributed by atoms with E-state index in [2.05, 4.69) is 37.9 Å². The second kappa shape index (κ2) is 7.70. The predicted molar refractivity (Wildman–Crippen MR) is 80.2 cm³/mol. The van der Waals surface area contributed by atoms with Gasteiger partial charge in [-0.25, -0.2) is 0 Å². The monoisotopic (exact) mass is 284 g/mol. The van der Waals surface area contributed by atoms with Gasteiger partial charge in [0, 0.05) is 30.7 Å². The van der Waals surface area contributed by atoms with Crippen LogP contribution in [-0.4, -0.2) is 36.6 Å². The van der Waals surface area contributed by atoms with Gasteiger partial charge in [-0.2, -0.15) is 8.78 Å². The summed E-state index contributed by atoms with van der Waals surface area (Å²) in [6.45, 7) is 9.52. The second-order valence-electron chi connectivity index (χ2n) is 5.67. The lowest BCUT2D eigenvalue weighted by molar-refractivity contribution is -0.00375. The van der Waals surface area contributed by atoms with E-state index < -0.39 is 5.92 Å². The van der Waals surface area contributed by atoms with E-state index >= 15 is 0 Å². The average molecular weight is 284 g/mol. The summed E-state index contributed by atoms with van der Waals surface area (Å²) in [6, 6.07) is 8.81. The van der Waals surface area contributed by atoms with Crippen molar-refractivity contribution >= 4 is 0 Å². The van der Waals surface area contributed by atoms with Crippen LogP contribution in [0.25, 0.3) is 0 Å². The maximum absolute atomic E-state index is 13.9. The van der Waals surface area contributed by atoms with E-state index in [0.717, 1.165) is 6.54 Å². The molecule has 0 radical (unpaired) electrons. The number of rotatable bonds is 8. The van der Waals surface area contributed by atoms with Gasteiger partial charge in [0.25, 0.3) is 5.92 Å². The van der Waals surface area contributed by atoms with Gasteiger partial charge in [0.15, 0.2) is 0 Å². The summed E-state index contributed by atoms with van der Waals surface area (Å²) in [4.78, 5) is 2.29. The van der Waals surface area contributed by atoms with Crippen LogP contribution < -0.4 is 5.32 Å². The molecule has 1 rings (SSSR count). The number of benzene rings is 1. The van der Waals surface area contributed by atoms with Crippen molar-refractivity contribution in [3.63, 3.8) is 0 Å². The van der Waals surface area contributed by atoms with Crippen LogP contribution in [0.2, 0.25) is 0 Å². The van der Waals surface area contributed by atoms with Crippen molar-refractivity contribution in [1.29, 1.82) is 0 Å². The van der Waals surface area contributed by atoms with Crippen molar-refractivity contribution < 1.29 is 8.78 Å². The highest BCUT2D eigenvalue weighted by Gasteiger charge is 2.30. The van der Waals surface area contributed by atoms with E-state index in [4.69, 9.17) is 0 Å². The van der Waals surface area contributed by atoms with Crippen molar-refractivity contribution in [2.75, 3.05) is 19.6 Å². The molecule has 0 saturated heterocycles. The third-order valence-electron chi connectivity index (χ3n) is 3.42. The zero-order valence-electron chi connectivity index (χ0n) is 12.9. The molecule has 0 fully saturated rings. The van der Waals surface area contributed by atoms with Gasteiger partial charge in [-0.3, -0.25) is 4.90 Å². The minimum absolute atomic E-state index is 0.0667. The molecule has 0 bridgehead atoms. The van der Waals surface area contributed by atoms with Crippen LogP contribution in [0.3, 0.4) is 0 Å². The topological polar surface area (TPSA) is 15.3 Å². The Hall–Kier alpha value is -1.00. The number of alkyl halides is 2. The zero-order chi connectivity index (χ0) is 15.2. The highest BCUT2D eigenvalue weighted by atomic mass is 19.3. The molecule has 1 aromatic carbocycles. The quantitative estimate of drug-likeness (QED) is 0.735. The summed E-state index contributed by atoms with van der Waals surface area (Å²) in [6.07, 6.45) is 0. The molecule has 2 nitrogen and oxygen atoms in total. The largest absolute Gasteiger partial charge is 0.310 e. The molecule has 20 heavy (non-hydrogen) atoms. The molecule has 0 unspecified atom stereocenters. The van der Waals surface area contributed by atoms with Crippen LogP contribution in [0.15, 0.2) is 30.3 Å². The first-order valence-corrected chi connectivity index (χ1v) is 7.24. The molecule has 4 heteroatoms. The lowest BCUT2D eigenvalue weighted by Crippen LogP contribution is -2.43. The third kappa shape index (κ3) is 5.17. The van der Waals surface area contributed by atoms with Crippen LogP contribution in [0.5, 0.6) is 0 Å². The van der Waals surface area contributed by atoms with Gasteiger partial charge in [0.05, 0.1) is 6.54 Å². The molecule has 114 valence electrons.